The van der Waals surface area contributed by atoms with E-state index in [-0.39, 0.29) is 6.42 Å². The first-order valence-corrected chi connectivity index (χ1v) is 12.7. The molecule has 0 bridgehead atoms. The first kappa shape index (κ1) is 26.9. The molecule has 38 heavy (non-hydrogen) atoms. The molecule has 1 atom stereocenters. The lowest BCUT2D eigenvalue weighted by atomic mass is 9.98. The number of carbonyl (C=O) groups excluding carboxylic acids is 1. The average molecular weight is 532 g/mol. The van der Waals surface area contributed by atoms with Crippen molar-refractivity contribution in [3.8, 4) is 5.69 Å². The van der Waals surface area contributed by atoms with Gasteiger partial charge in [-0.05, 0) is 85.0 Å². The van der Waals surface area contributed by atoms with E-state index in [1.165, 1.54) is 0 Å². The number of carboxylic acid groups (broad SMARTS) is 1. The number of anilines is 1. The molecular formula is C29H30ClN5O3. The lowest BCUT2D eigenvalue weighted by molar-refractivity contribution is -0.139. The van der Waals surface area contributed by atoms with Crippen molar-refractivity contribution >= 4 is 29.3 Å². The number of hydrogen-bond acceptors (Lipinski definition) is 5. The summed E-state index contributed by atoms with van der Waals surface area (Å²) < 4.78 is 1.76. The second-order valence-corrected chi connectivity index (χ2v) is 9.61. The number of rotatable bonds is 10. The zero-order valence-corrected chi connectivity index (χ0v) is 22.3. The monoisotopic (exact) mass is 531 g/mol. The van der Waals surface area contributed by atoms with Gasteiger partial charge in [-0.2, -0.15) is 5.10 Å². The van der Waals surface area contributed by atoms with E-state index < -0.39 is 17.9 Å². The first-order valence-electron chi connectivity index (χ1n) is 12.4. The largest absolute Gasteiger partial charge is 0.480 e. The van der Waals surface area contributed by atoms with Gasteiger partial charge in [0.2, 0.25) is 0 Å². The van der Waals surface area contributed by atoms with Crippen LogP contribution < -0.4 is 10.6 Å². The summed E-state index contributed by atoms with van der Waals surface area (Å²) in [6.45, 7) is 6.28. The van der Waals surface area contributed by atoms with Crippen molar-refractivity contribution in [3.63, 3.8) is 0 Å². The zero-order valence-electron chi connectivity index (χ0n) is 21.5. The first-order chi connectivity index (χ1) is 18.2. The Morgan fingerprint density at radius 1 is 1.08 bits per heavy atom. The molecule has 196 valence electrons. The van der Waals surface area contributed by atoms with E-state index in [4.69, 9.17) is 11.6 Å². The normalized spacial score (nSPS) is 11.7. The number of halogens is 1. The van der Waals surface area contributed by atoms with Crippen LogP contribution in [0.1, 0.15) is 45.2 Å². The highest BCUT2D eigenvalue weighted by atomic mass is 35.5. The van der Waals surface area contributed by atoms with E-state index in [9.17, 15) is 14.7 Å². The van der Waals surface area contributed by atoms with Crippen molar-refractivity contribution in [1.29, 1.82) is 0 Å². The molecule has 2 aromatic heterocycles. The van der Waals surface area contributed by atoms with Gasteiger partial charge in [0, 0.05) is 29.4 Å². The number of carbonyl (C=O) groups is 2. The van der Waals surface area contributed by atoms with Crippen molar-refractivity contribution in [2.45, 2.75) is 46.2 Å². The van der Waals surface area contributed by atoms with E-state index in [0.29, 0.717) is 29.1 Å². The molecule has 0 fully saturated rings. The van der Waals surface area contributed by atoms with Crippen molar-refractivity contribution in [2.24, 2.45) is 0 Å². The molecule has 0 aliphatic rings. The summed E-state index contributed by atoms with van der Waals surface area (Å²) in [7, 11) is 0. The standard InChI is InChI=1S/C29H30ClN5O3/c1-4-21-16-22(30)14-19(3)27(21)28(36)33-25(29(37)38)15-20-5-7-24(8-6-20)35-12-10-23(34-35)17-32-26-13-18(2)9-11-31-26/h5-14,16,25H,4,15,17H2,1-3H3,(H,31,32)(H,33,36)(H,37,38). The second-order valence-electron chi connectivity index (χ2n) is 9.17. The van der Waals surface area contributed by atoms with E-state index in [1.807, 2.05) is 62.5 Å². The molecule has 0 radical (unpaired) electrons. The van der Waals surface area contributed by atoms with Gasteiger partial charge < -0.3 is 15.7 Å². The highest BCUT2D eigenvalue weighted by Crippen LogP contribution is 2.22. The van der Waals surface area contributed by atoms with Crippen LogP contribution >= 0.6 is 11.6 Å². The third-order valence-electron chi connectivity index (χ3n) is 6.24. The number of aryl methyl sites for hydroxylation is 3. The zero-order chi connectivity index (χ0) is 27.2. The Morgan fingerprint density at radius 3 is 2.53 bits per heavy atom. The fraction of sp³-hybridized carbons (Fsp3) is 0.241. The summed E-state index contributed by atoms with van der Waals surface area (Å²) >= 11 is 6.14. The summed E-state index contributed by atoms with van der Waals surface area (Å²) in [6, 6.07) is 15.7. The number of aliphatic carboxylic acids is 1. The van der Waals surface area contributed by atoms with Crippen LogP contribution in [0.25, 0.3) is 5.69 Å². The molecule has 1 amide bonds. The molecule has 8 nitrogen and oxygen atoms in total. The SMILES string of the molecule is CCc1cc(Cl)cc(C)c1C(=O)NC(Cc1ccc(-n2ccc(CNc3cc(C)ccn3)n2)cc1)C(=O)O. The van der Waals surface area contributed by atoms with E-state index in [0.717, 1.165) is 33.9 Å². The lowest BCUT2D eigenvalue weighted by Crippen LogP contribution is -2.42. The molecule has 0 aliphatic heterocycles. The molecule has 3 N–H and O–H groups in total. The lowest BCUT2D eigenvalue weighted by Gasteiger charge is -2.18. The van der Waals surface area contributed by atoms with Crippen LogP contribution in [0, 0.1) is 13.8 Å². The minimum atomic E-state index is -1.10. The minimum Gasteiger partial charge on any atom is -0.480 e. The maximum absolute atomic E-state index is 13.0. The Hall–Kier alpha value is -4.17. The molecule has 4 rings (SSSR count). The smallest absolute Gasteiger partial charge is 0.326 e. The molecule has 0 spiro atoms. The van der Waals surface area contributed by atoms with Gasteiger partial charge in [-0.15, -0.1) is 0 Å². The molecule has 0 saturated carbocycles. The number of benzene rings is 2. The highest BCUT2D eigenvalue weighted by molar-refractivity contribution is 6.30. The Bertz CT molecular complexity index is 1450. The number of nitrogens with one attached hydrogen (secondary N) is 2. The predicted octanol–water partition coefficient (Wildman–Crippen LogP) is 5.14. The number of hydrogen-bond donors (Lipinski definition) is 3. The minimum absolute atomic E-state index is 0.146. The number of nitrogens with zero attached hydrogens (tertiary/aromatic N) is 3. The van der Waals surface area contributed by atoms with Gasteiger partial charge in [0.25, 0.3) is 5.91 Å². The molecule has 2 heterocycles. The number of pyridine rings is 1. The van der Waals surface area contributed by atoms with Gasteiger partial charge >= 0.3 is 5.97 Å². The number of aromatic nitrogens is 3. The Labute approximate surface area is 226 Å². The van der Waals surface area contributed by atoms with Gasteiger partial charge in [0.1, 0.15) is 11.9 Å². The van der Waals surface area contributed by atoms with Crippen LogP contribution in [0.3, 0.4) is 0 Å². The summed E-state index contributed by atoms with van der Waals surface area (Å²) in [5.41, 5.74) is 5.58. The molecule has 0 aliphatic carbocycles. The van der Waals surface area contributed by atoms with Gasteiger partial charge in [-0.3, -0.25) is 4.79 Å². The van der Waals surface area contributed by atoms with Crippen molar-refractivity contribution in [2.75, 3.05) is 5.32 Å². The number of carboxylic acids is 1. The third-order valence-corrected chi connectivity index (χ3v) is 6.46. The molecule has 0 saturated heterocycles. The van der Waals surface area contributed by atoms with E-state index in [2.05, 4.69) is 20.7 Å². The van der Waals surface area contributed by atoms with Crippen LogP contribution in [-0.4, -0.2) is 37.8 Å². The van der Waals surface area contributed by atoms with Crippen LogP contribution in [0.2, 0.25) is 5.02 Å². The topological polar surface area (TPSA) is 109 Å². The Morgan fingerprint density at radius 2 is 1.84 bits per heavy atom. The van der Waals surface area contributed by atoms with Crippen molar-refractivity contribution < 1.29 is 14.7 Å². The molecule has 2 aromatic carbocycles. The summed E-state index contributed by atoms with van der Waals surface area (Å²) in [6.07, 6.45) is 4.39. The van der Waals surface area contributed by atoms with Gasteiger partial charge in [-0.25, -0.2) is 14.5 Å². The van der Waals surface area contributed by atoms with Gasteiger partial charge in [0.05, 0.1) is 17.9 Å². The van der Waals surface area contributed by atoms with Gasteiger partial charge in [-0.1, -0.05) is 30.7 Å². The quantitative estimate of drug-likeness (QED) is 0.261. The Balaban J connectivity index is 1.41. The van der Waals surface area contributed by atoms with Gasteiger partial charge in [0.15, 0.2) is 0 Å². The second kappa shape index (κ2) is 11.9. The van der Waals surface area contributed by atoms with Crippen molar-refractivity contribution in [1.82, 2.24) is 20.1 Å². The predicted molar refractivity (Wildman–Crippen MR) is 148 cm³/mol. The average Bonchev–Trinajstić information content (AvgIpc) is 3.36. The number of amides is 1. The summed E-state index contributed by atoms with van der Waals surface area (Å²) in [5.74, 6) is -0.723. The van der Waals surface area contributed by atoms with Crippen LogP contribution in [0.15, 0.2) is 67.0 Å². The van der Waals surface area contributed by atoms with Crippen LogP contribution in [0.5, 0.6) is 0 Å². The molecule has 1 unspecified atom stereocenters. The maximum atomic E-state index is 13.0. The van der Waals surface area contributed by atoms with E-state index >= 15 is 0 Å². The molecule has 9 heteroatoms. The fourth-order valence-electron chi connectivity index (χ4n) is 4.28. The maximum Gasteiger partial charge on any atom is 0.326 e. The Kier molecular flexibility index (Phi) is 8.43. The third kappa shape index (κ3) is 6.58. The van der Waals surface area contributed by atoms with Crippen LogP contribution in [-0.2, 0) is 24.2 Å². The van der Waals surface area contributed by atoms with Crippen molar-refractivity contribution in [3.05, 3.63) is 106 Å². The summed E-state index contributed by atoms with van der Waals surface area (Å²) in [5, 5.41) is 20.9. The molecule has 4 aromatic rings. The molecular weight excluding hydrogens is 502 g/mol. The fourth-order valence-corrected chi connectivity index (χ4v) is 4.58. The highest BCUT2D eigenvalue weighted by Gasteiger charge is 2.23. The summed E-state index contributed by atoms with van der Waals surface area (Å²) in [4.78, 5) is 29.3. The van der Waals surface area contributed by atoms with E-state index in [1.54, 1.807) is 29.9 Å². The van der Waals surface area contributed by atoms with Crippen LogP contribution in [0.4, 0.5) is 5.82 Å².